The van der Waals surface area contributed by atoms with E-state index in [0.29, 0.717) is 22.6 Å². The summed E-state index contributed by atoms with van der Waals surface area (Å²) in [6.07, 6.45) is 1.10. The largest absolute Gasteiger partial charge is 0.449 e. The maximum absolute atomic E-state index is 14.2. The highest BCUT2D eigenvalue weighted by Crippen LogP contribution is 2.29. The van der Waals surface area contributed by atoms with Gasteiger partial charge in [0, 0.05) is 12.6 Å². The number of anilines is 3. The summed E-state index contributed by atoms with van der Waals surface area (Å²) in [5.41, 5.74) is 13.6. The number of benzene rings is 1. The lowest BCUT2D eigenvalue weighted by atomic mass is 10.1. The van der Waals surface area contributed by atoms with E-state index in [2.05, 4.69) is 25.4 Å². The minimum Gasteiger partial charge on any atom is -0.449 e. The second-order valence-corrected chi connectivity index (χ2v) is 7.78. The van der Waals surface area contributed by atoms with E-state index >= 15 is 0 Å². The maximum Gasteiger partial charge on any atom is 0.411 e. The molecule has 0 aliphatic heterocycles. The molecule has 0 radical (unpaired) electrons. The lowest BCUT2D eigenvalue weighted by Gasteiger charge is -2.12. The number of aromatic nitrogens is 5. The molecule has 0 spiro atoms. The molecule has 0 saturated carbocycles. The number of nitrogens with one attached hydrogen (secondary N) is 1. The first kappa shape index (κ1) is 21.9. The smallest absolute Gasteiger partial charge is 0.411 e. The normalized spacial score (nSPS) is 11.2. The summed E-state index contributed by atoms with van der Waals surface area (Å²) < 4.78 is 20.9. The van der Waals surface area contributed by atoms with Crippen LogP contribution in [0.25, 0.3) is 17.0 Å². The van der Waals surface area contributed by atoms with E-state index in [1.165, 1.54) is 6.07 Å². The predicted molar refractivity (Wildman–Crippen MR) is 122 cm³/mol. The summed E-state index contributed by atoms with van der Waals surface area (Å²) in [6.45, 7) is 4.07. The van der Waals surface area contributed by atoms with Crippen molar-refractivity contribution in [3.8, 4) is 11.5 Å². The van der Waals surface area contributed by atoms with Crippen LogP contribution >= 0.6 is 0 Å². The van der Waals surface area contributed by atoms with Crippen molar-refractivity contribution in [1.29, 1.82) is 0 Å². The van der Waals surface area contributed by atoms with Crippen LogP contribution in [0.4, 0.5) is 26.5 Å². The number of halogens is 1. The molecule has 4 aromatic rings. The number of nitrogens with zero attached hydrogens (tertiary/aromatic N) is 5. The number of hydrogen-bond acceptors (Lipinski definition) is 8. The first-order valence-corrected chi connectivity index (χ1v) is 10.3. The van der Waals surface area contributed by atoms with Crippen LogP contribution in [0.3, 0.4) is 0 Å². The van der Waals surface area contributed by atoms with Gasteiger partial charge in [-0.1, -0.05) is 32.0 Å². The van der Waals surface area contributed by atoms with Crippen LogP contribution in [0.5, 0.6) is 0 Å². The highest BCUT2D eigenvalue weighted by Gasteiger charge is 2.20. The van der Waals surface area contributed by atoms with Gasteiger partial charge in [0.1, 0.15) is 23.0 Å². The van der Waals surface area contributed by atoms with Gasteiger partial charge in [0.15, 0.2) is 17.5 Å². The molecular weight excluding hydrogens is 427 g/mol. The maximum atomic E-state index is 14.2. The SMILES string of the molecule is CC(C)COC(=O)Nc1c(N)nc(-c2nc(Cc3ccccc3F)n3ncccc23)nc1N. The molecule has 0 aliphatic rings. The van der Waals surface area contributed by atoms with Gasteiger partial charge in [0.25, 0.3) is 0 Å². The van der Waals surface area contributed by atoms with Crippen LogP contribution in [-0.2, 0) is 11.2 Å². The van der Waals surface area contributed by atoms with Crippen molar-refractivity contribution in [3.63, 3.8) is 0 Å². The van der Waals surface area contributed by atoms with Gasteiger partial charge in [-0.3, -0.25) is 5.32 Å². The van der Waals surface area contributed by atoms with E-state index < -0.39 is 6.09 Å². The number of imidazole rings is 1. The molecule has 3 heterocycles. The molecule has 33 heavy (non-hydrogen) atoms. The number of fused-ring (bicyclic) bond motifs is 1. The standard InChI is InChI=1S/C22H23FN8O2/c1-12(2)11-33-22(32)28-18-19(24)29-21(30-20(18)25)17-15-8-5-9-26-31(15)16(27-17)10-13-6-3-4-7-14(13)23/h3-9,12H,10-11H2,1-2H3,(H,28,32)(H4,24,25,29,30). The molecule has 1 aromatic carbocycles. The van der Waals surface area contributed by atoms with Gasteiger partial charge in [-0.05, 0) is 29.7 Å². The van der Waals surface area contributed by atoms with Crippen LogP contribution < -0.4 is 16.8 Å². The molecular formula is C22H23FN8O2. The number of rotatable bonds is 6. The van der Waals surface area contributed by atoms with E-state index in [0.717, 1.165) is 0 Å². The van der Waals surface area contributed by atoms with Crippen LogP contribution in [0.2, 0.25) is 0 Å². The van der Waals surface area contributed by atoms with Gasteiger partial charge in [-0.25, -0.2) is 28.7 Å². The fourth-order valence-corrected chi connectivity index (χ4v) is 3.19. The first-order chi connectivity index (χ1) is 15.8. The molecule has 0 saturated heterocycles. The Bertz CT molecular complexity index is 1300. The molecule has 0 aliphatic carbocycles. The molecule has 170 valence electrons. The van der Waals surface area contributed by atoms with E-state index in [-0.39, 0.29) is 47.9 Å². The molecule has 10 nitrogen and oxygen atoms in total. The predicted octanol–water partition coefficient (Wildman–Crippen LogP) is 3.29. The Kier molecular flexibility index (Phi) is 6.03. The number of ether oxygens (including phenoxy) is 1. The third-order valence-corrected chi connectivity index (χ3v) is 4.74. The van der Waals surface area contributed by atoms with E-state index in [9.17, 15) is 9.18 Å². The van der Waals surface area contributed by atoms with E-state index in [4.69, 9.17) is 16.2 Å². The average Bonchev–Trinajstić information content (AvgIpc) is 3.15. The van der Waals surface area contributed by atoms with Gasteiger partial charge in [-0.15, -0.1) is 0 Å². The summed E-state index contributed by atoms with van der Waals surface area (Å²) in [4.78, 5) is 25.2. The van der Waals surface area contributed by atoms with Gasteiger partial charge in [0.2, 0.25) is 0 Å². The van der Waals surface area contributed by atoms with Crippen molar-refractivity contribution >= 4 is 28.9 Å². The molecule has 1 amide bonds. The first-order valence-electron chi connectivity index (χ1n) is 10.3. The van der Waals surface area contributed by atoms with E-state index in [1.54, 1.807) is 41.0 Å². The third-order valence-electron chi connectivity index (χ3n) is 4.74. The molecule has 0 atom stereocenters. The van der Waals surface area contributed by atoms with Crippen LogP contribution in [0.15, 0.2) is 42.6 Å². The Balaban J connectivity index is 1.69. The van der Waals surface area contributed by atoms with Crippen molar-refractivity contribution in [2.75, 3.05) is 23.4 Å². The molecule has 0 bridgehead atoms. The van der Waals surface area contributed by atoms with Crippen molar-refractivity contribution in [2.24, 2.45) is 5.92 Å². The van der Waals surface area contributed by atoms with Gasteiger partial charge >= 0.3 is 6.09 Å². The summed E-state index contributed by atoms with van der Waals surface area (Å²) in [6, 6.07) is 9.98. The number of carbonyl (C=O) groups is 1. The molecule has 11 heteroatoms. The number of nitrogens with two attached hydrogens (primary N) is 2. The summed E-state index contributed by atoms with van der Waals surface area (Å²) in [5, 5.41) is 6.81. The van der Waals surface area contributed by atoms with Gasteiger partial charge in [-0.2, -0.15) is 5.10 Å². The number of nitrogen functional groups attached to an aromatic ring is 2. The van der Waals surface area contributed by atoms with Crippen molar-refractivity contribution < 1.29 is 13.9 Å². The lowest BCUT2D eigenvalue weighted by Crippen LogP contribution is -2.19. The minimum absolute atomic E-state index is 0.0420. The summed E-state index contributed by atoms with van der Waals surface area (Å²) in [7, 11) is 0. The Labute approximate surface area is 188 Å². The molecule has 0 fully saturated rings. The van der Waals surface area contributed by atoms with Crippen molar-refractivity contribution in [2.45, 2.75) is 20.3 Å². The number of amides is 1. The zero-order chi connectivity index (χ0) is 23.5. The van der Waals surface area contributed by atoms with Gasteiger partial charge in [0.05, 0.1) is 12.1 Å². The molecule has 5 N–H and O–H groups in total. The lowest BCUT2D eigenvalue weighted by molar-refractivity contribution is 0.147. The molecule has 0 unspecified atom stereocenters. The Morgan fingerprint density at radius 3 is 2.55 bits per heavy atom. The fraction of sp³-hybridized carbons (Fsp3) is 0.227. The van der Waals surface area contributed by atoms with Crippen molar-refractivity contribution in [3.05, 3.63) is 59.8 Å². The zero-order valence-electron chi connectivity index (χ0n) is 18.1. The molecule has 3 aromatic heterocycles. The highest BCUT2D eigenvalue weighted by molar-refractivity contribution is 5.93. The van der Waals surface area contributed by atoms with Crippen molar-refractivity contribution in [1.82, 2.24) is 24.6 Å². The Morgan fingerprint density at radius 1 is 1.12 bits per heavy atom. The summed E-state index contributed by atoms with van der Waals surface area (Å²) >= 11 is 0. The second kappa shape index (κ2) is 9.07. The average molecular weight is 450 g/mol. The molecule has 4 rings (SSSR count). The highest BCUT2D eigenvalue weighted by atomic mass is 19.1. The third kappa shape index (κ3) is 4.66. The Morgan fingerprint density at radius 2 is 1.85 bits per heavy atom. The van der Waals surface area contributed by atoms with Crippen LogP contribution in [0, 0.1) is 11.7 Å². The topological polar surface area (TPSA) is 146 Å². The fourth-order valence-electron chi connectivity index (χ4n) is 3.19. The minimum atomic E-state index is -0.706. The van der Waals surface area contributed by atoms with Gasteiger partial charge < -0.3 is 16.2 Å². The zero-order valence-corrected chi connectivity index (χ0v) is 18.1. The van der Waals surface area contributed by atoms with E-state index in [1.807, 2.05) is 13.8 Å². The summed E-state index contributed by atoms with van der Waals surface area (Å²) in [5.74, 6) is 0.392. The monoisotopic (exact) mass is 450 g/mol. The quantitative estimate of drug-likeness (QED) is 0.405. The second-order valence-electron chi connectivity index (χ2n) is 7.78. The van der Waals surface area contributed by atoms with Crippen LogP contribution in [0.1, 0.15) is 25.2 Å². The number of hydrogen-bond donors (Lipinski definition) is 3. The van der Waals surface area contributed by atoms with Crippen LogP contribution in [-0.4, -0.2) is 37.3 Å². The Hall–Kier alpha value is -4.28. The number of carbonyl (C=O) groups excluding carboxylic acids is 1.